The van der Waals surface area contributed by atoms with Gasteiger partial charge in [0.25, 0.3) is 0 Å². The molecule has 5 nitrogen and oxygen atoms in total. The molecule has 0 aromatic heterocycles. The molecule has 1 aliphatic carbocycles. The molecule has 0 radical (unpaired) electrons. The smallest absolute Gasteiger partial charge is 0.411 e. The van der Waals surface area contributed by atoms with E-state index in [1.807, 2.05) is 54.6 Å². The first kappa shape index (κ1) is 19.7. The third-order valence-electron chi connectivity index (χ3n) is 5.92. The Hall–Kier alpha value is -3.25. The second-order valence-corrected chi connectivity index (χ2v) is 8.77. The van der Waals surface area contributed by atoms with Crippen molar-refractivity contribution < 1.29 is 19.4 Å². The molecule has 6 heteroatoms. The van der Waals surface area contributed by atoms with Crippen molar-refractivity contribution in [2.45, 2.75) is 17.3 Å². The molecule has 1 N–H and O–H groups in total. The summed E-state index contributed by atoms with van der Waals surface area (Å²) < 4.78 is 5.77. The summed E-state index contributed by atoms with van der Waals surface area (Å²) in [7, 11) is 0. The number of thioether (sulfide) groups is 1. The molecule has 0 bridgehead atoms. The van der Waals surface area contributed by atoms with Crippen LogP contribution in [-0.4, -0.2) is 40.5 Å². The van der Waals surface area contributed by atoms with Gasteiger partial charge in [0.05, 0.1) is 0 Å². The van der Waals surface area contributed by atoms with Crippen molar-refractivity contribution >= 4 is 23.8 Å². The zero-order chi connectivity index (χ0) is 21.4. The summed E-state index contributed by atoms with van der Waals surface area (Å²) in [5, 5.41) is 9.30. The maximum atomic E-state index is 13.2. The molecule has 0 spiro atoms. The van der Waals surface area contributed by atoms with Crippen LogP contribution >= 0.6 is 11.8 Å². The van der Waals surface area contributed by atoms with E-state index in [9.17, 15) is 14.7 Å². The highest BCUT2D eigenvalue weighted by Crippen LogP contribution is 2.45. The van der Waals surface area contributed by atoms with Gasteiger partial charge in [0.1, 0.15) is 18.0 Å². The molecule has 1 fully saturated rings. The highest BCUT2D eigenvalue weighted by atomic mass is 32.2. The molecule has 0 saturated carbocycles. The number of fused-ring (bicyclic) bond motifs is 3. The maximum absolute atomic E-state index is 13.2. The maximum Gasteiger partial charge on any atom is 0.411 e. The molecule has 2 unspecified atom stereocenters. The quantitative estimate of drug-likeness (QED) is 0.620. The molecule has 31 heavy (non-hydrogen) atoms. The first-order chi connectivity index (χ1) is 15.1. The van der Waals surface area contributed by atoms with E-state index in [-0.39, 0.29) is 17.9 Å². The number of aliphatic carboxylic acids is 1. The van der Waals surface area contributed by atoms with Crippen LogP contribution in [0.15, 0.2) is 78.9 Å². The van der Waals surface area contributed by atoms with Crippen molar-refractivity contribution in [3.8, 4) is 11.1 Å². The Labute approximate surface area is 184 Å². The van der Waals surface area contributed by atoms with Gasteiger partial charge in [-0.15, -0.1) is 11.8 Å². The summed E-state index contributed by atoms with van der Waals surface area (Å²) in [6.45, 7) is 0.169. The predicted molar refractivity (Wildman–Crippen MR) is 120 cm³/mol. The standard InChI is InChI=1S/C25H21NO4S/c27-24(28)22-15-31-23(16-8-2-1-3-9-16)26(22)25(29)30-14-21-19-12-6-4-10-17(19)18-11-5-7-13-20(18)21/h1-13,21-23H,14-15H2,(H,27,28). The molecular formula is C25H21NO4S. The summed E-state index contributed by atoms with van der Waals surface area (Å²) in [5.41, 5.74) is 5.45. The summed E-state index contributed by atoms with van der Waals surface area (Å²) >= 11 is 1.45. The largest absolute Gasteiger partial charge is 0.480 e. The minimum Gasteiger partial charge on any atom is -0.480 e. The van der Waals surface area contributed by atoms with E-state index in [0.717, 1.165) is 27.8 Å². The van der Waals surface area contributed by atoms with Gasteiger partial charge in [0, 0.05) is 11.7 Å². The summed E-state index contributed by atoms with van der Waals surface area (Å²) in [5.74, 6) is -0.747. The molecule has 1 amide bonds. The minimum atomic E-state index is -1.01. The van der Waals surface area contributed by atoms with Crippen molar-refractivity contribution in [3.05, 3.63) is 95.6 Å². The van der Waals surface area contributed by atoms with E-state index >= 15 is 0 Å². The Morgan fingerprint density at radius 3 is 2.10 bits per heavy atom. The number of carbonyl (C=O) groups is 2. The Balaban J connectivity index is 1.40. The van der Waals surface area contributed by atoms with Gasteiger partial charge < -0.3 is 9.84 Å². The first-order valence-electron chi connectivity index (χ1n) is 10.2. The first-order valence-corrected chi connectivity index (χ1v) is 11.2. The van der Waals surface area contributed by atoms with Gasteiger partial charge in [0.15, 0.2) is 0 Å². The number of benzene rings is 3. The van der Waals surface area contributed by atoms with Crippen LogP contribution < -0.4 is 0 Å². The number of nitrogens with zero attached hydrogens (tertiary/aromatic N) is 1. The van der Waals surface area contributed by atoms with Crippen LogP contribution in [0.2, 0.25) is 0 Å². The molecule has 3 aromatic carbocycles. The van der Waals surface area contributed by atoms with Crippen LogP contribution in [0.1, 0.15) is 28.0 Å². The second kappa shape index (κ2) is 8.12. The van der Waals surface area contributed by atoms with Crippen LogP contribution in [0.4, 0.5) is 4.79 Å². The topological polar surface area (TPSA) is 66.8 Å². The van der Waals surface area contributed by atoms with E-state index in [1.165, 1.54) is 16.7 Å². The van der Waals surface area contributed by atoms with Gasteiger partial charge in [-0.05, 0) is 27.8 Å². The zero-order valence-electron chi connectivity index (χ0n) is 16.7. The van der Waals surface area contributed by atoms with Crippen molar-refractivity contribution in [1.82, 2.24) is 4.90 Å². The predicted octanol–water partition coefficient (Wildman–Crippen LogP) is 5.14. The third-order valence-corrected chi connectivity index (χ3v) is 7.24. The number of rotatable bonds is 4. The van der Waals surface area contributed by atoms with Gasteiger partial charge in [-0.3, -0.25) is 4.90 Å². The van der Waals surface area contributed by atoms with Crippen molar-refractivity contribution in [2.24, 2.45) is 0 Å². The lowest BCUT2D eigenvalue weighted by molar-refractivity contribution is -0.141. The third kappa shape index (κ3) is 3.47. The lowest BCUT2D eigenvalue weighted by Crippen LogP contribution is -2.43. The molecule has 156 valence electrons. The molecular weight excluding hydrogens is 410 g/mol. The Bertz CT molecular complexity index is 1090. The summed E-state index contributed by atoms with van der Waals surface area (Å²) in [4.78, 5) is 26.3. The second-order valence-electron chi connectivity index (χ2n) is 7.66. The van der Waals surface area contributed by atoms with Gasteiger partial charge in [-0.25, -0.2) is 9.59 Å². The monoisotopic (exact) mass is 431 g/mol. The average molecular weight is 432 g/mol. The summed E-state index contributed by atoms with van der Waals surface area (Å²) in [6.07, 6.45) is -0.590. The highest BCUT2D eigenvalue weighted by Gasteiger charge is 2.43. The number of carboxylic acid groups (broad SMARTS) is 1. The summed E-state index contributed by atoms with van der Waals surface area (Å²) in [6, 6.07) is 24.9. The zero-order valence-corrected chi connectivity index (χ0v) is 17.5. The molecule has 5 rings (SSSR count). The van der Waals surface area contributed by atoms with Crippen molar-refractivity contribution in [1.29, 1.82) is 0 Å². The van der Waals surface area contributed by atoms with Gasteiger partial charge >= 0.3 is 12.1 Å². The number of carboxylic acids is 1. The minimum absolute atomic E-state index is 0.0648. The van der Waals surface area contributed by atoms with Crippen LogP contribution in [0.5, 0.6) is 0 Å². The van der Waals surface area contributed by atoms with Crippen molar-refractivity contribution in [3.63, 3.8) is 0 Å². The number of hydrogen-bond donors (Lipinski definition) is 1. The van der Waals surface area contributed by atoms with Crippen LogP contribution in [0.3, 0.4) is 0 Å². The molecule has 1 aliphatic heterocycles. The molecule has 2 atom stereocenters. The van der Waals surface area contributed by atoms with E-state index in [0.29, 0.717) is 5.75 Å². The average Bonchev–Trinajstić information content (AvgIpc) is 3.38. The fourth-order valence-electron chi connectivity index (χ4n) is 4.46. The van der Waals surface area contributed by atoms with E-state index in [1.54, 1.807) is 0 Å². The number of amides is 1. The van der Waals surface area contributed by atoms with Gasteiger partial charge in [0.2, 0.25) is 0 Å². The van der Waals surface area contributed by atoms with Crippen LogP contribution in [0, 0.1) is 0 Å². The molecule has 3 aromatic rings. The fraction of sp³-hybridized carbons (Fsp3) is 0.200. The van der Waals surface area contributed by atoms with Crippen molar-refractivity contribution in [2.75, 3.05) is 12.4 Å². The molecule has 2 aliphatic rings. The highest BCUT2D eigenvalue weighted by molar-refractivity contribution is 7.99. The lowest BCUT2D eigenvalue weighted by atomic mass is 9.98. The van der Waals surface area contributed by atoms with Gasteiger partial charge in [-0.2, -0.15) is 0 Å². The Kier molecular flexibility index (Phi) is 5.16. The number of hydrogen-bond acceptors (Lipinski definition) is 4. The van der Waals surface area contributed by atoms with E-state index < -0.39 is 18.1 Å². The SMILES string of the molecule is O=C(O)C1CSC(c2ccccc2)N1C(=O)OCC1c2ccccc2-c2ccccc21. The Morgan fingerprint density at radius 1 is 0.903 bits per heavy atom. The van der Waals surface area contributed by atoms with Gasteiger partial charge in [-0.1, -0.05) is 78.9 Å². The van der Waals surface area contributed by atoms with Crippen LogP contribution in [0.25, 0.3) is 11.1 Å². The van der Waals surface area contributed by atoms with Crippen LogP contribution in [-0.2, 0) is 9.53 Å². The molecule has 1 saturated heterocycles. The normalized spacial score (nSPS) is 19.7. The Morgan fingerprint density at radius 2 is 1.48 bits per heavy atom. The van der Waals surface area contributed by atoms with E-state index in [4.69, 9.17) is 4.74 Å². The fourth-order valence-corrected chi connectivity index (χ4v) is 5.87. The number of carbonyl (C=O) groups excluding carboxylic acids is 1. The molecule has 1 heterocycles. The lowest BCUT2D eigenvalue weighted by Gasteiger charge is -2.27. The number of ether oxygens (including phenoxy) is 1. The van der Waals surface area contributed by atoms with E-state index in [2.05, 4.69) is 24.3 Å².